The molecule has 0 bridgehead atoms. The lowest BCUT2D eigenvalue weighted by molar-refractivity contribution is -0.133. The van der Waals surface area contributed by atoms with Crippen LogP contribution in [0, 0.1) is 17.3 Å². The second kappa shape index (κ2) is 4.32. The average Bonchev–Trinajstić information content (AvgIpc) is 2.57. The van der Waals surface area contributed by atoms with E-state index in [1.54, 1.807) is 0 Å². The van der Waals surface area contributed by atoms with Gasteiger partial charge in [-0.25, -0.2) is 4.79 Å². The van der Waals surface area contributed by atoms with Crippen molar-refractivity contribution in [3.8, 4) is 0 Å². The minimum Gasteiger partial charge on any atom is -0.478 e. The van der Waals surface area contributed by atoms with E-state index < -0.39 is 5.97 Å². The molecule has 94 valence electrons. The Kier molecular flexibility index (Phi) is 3.15. The Bertz CT molecular complexity index is 378. The lowest BCUT2D eigenvalue weighted by atomic mass is 9.63. The van der Waals surface area contributed by atoms with Gasteiger partial charge in [-0.2, -0.15) is 0 Å². The van der Waals surface area contributed by atoms with E-state index in [0.717, 1.165) is 19.3 Å². The first kappa shape index (κ1) is 12.4. The minimum atomic E-state index is -0.746. The third-order valence-corrected chi connectivity index (χ3v) is 4.80. The number of aliphatic carboxylic acids is 1. The Balaban J connectivity index is 2.25. The quantitative estimate of drug-likeness (QED) is 0.738. The van der Waals surface area contributed by atoms with Gasteiger partial charge in [0, 0.05) is 5.57 Å². The summed E-state index contributed by atoms with van der Waals surface area (Å²) in [6, 6.07) is 0. The molecule has 0 saturated heterocycles. The molecule has 0 amide bonds. The van der Waals surface area contributed by atoms with Crippen LogP contribution < -0.4 is 0 Å². The van der Waals surface area contributed by atoms with Gasteiger partial charge in [-0.1, -0.05) is 32.1 Å². The van der Waals surface area contributed by atoms with Gasteiger partial charge in [0.2, 0.25) is 0 Å². The number of hydrogen-bond acceptors (Lipinski definition) is 1. The number of allylic oxidation sites excluding steroid dienone is 2. The molecule has 1 saturated carbocycles. The fourth-order valence-electron chi connectivity index (χ4n) is 3.81. The summed E-state index contributed by atoms with van der Waals surface area (Å²) in [5.41, 5.74) is 2.15. The Morgan fingerprint density at radius 2 is 2.24 bits per heavy atom. The molecule has 2 aliphatic carbocycles. The fourth-order valence-corrected chi connectivity index (χ4v) is 3.81. The molecule has 0 aromatic carbocycles. The molecule has 0 aliphatic heterocycles. The molecule has 0 heterocycles. The van der Waals surface area contributed by atoms with Crippen LogP contribution >= 0.6 is 0 Å². The summed E-state index contributed by atoms with van der Waals surface area (Å²) >= 11 is 0. The Morgan fingerprint density at radius 1 is 1.53 bits per heavy atom. The van der Waals surface area contributed by atoms with Gasteiger partial charge in [0.05, 0.1) is 0 Å². The molecule has 0 radical (unpaired) electrons. The maximum atomic E-state index is 11.0. The number of rotatable bonds is 2. The Morgan fingerprint density at radius 3 is 2.71 bits per heavy atom. The Hall–Kier alpha value is -1.05. The van der Waals surface area contributed by atoms with Crippen LogP contribution in [0.3, 0.4) is 0 Å². The van der Waals surface area contributed by atoms with Gasteiger partial charge in [0.25, 0.3) is 0 Å². The van der Waals surface area contributed by atoms with Crippen LogP contribution in [0.2, 0.25) is 0 Å². The molecule has 0 aromatic rings. The second-order valence-electron chi connectivity index (χ2n) is 5.89. The maximum absolute atomic E-state index is 11.0. The van der Waals surface area contributed by atoms with Gasteiger partial charge in [-0.3, -0.25) is 0 Å². The molecule has 1 fully saturated rings. The first-order valence-corrected chi connectivity index (χ1v) is 6.58. The third kappa shape index (κ3) is 1.94. The highest BCUT2D eigenvalue weighted by Crippen LogP contribution is 2.57. The molecule has 1 N–H and O–H groups in total. The van der Waals surface area contributed by atoms with E-state index in [2.05, 4.69) is 20.4 Å². The number of carboxylic acid groups (broad SMARTS) is 1. The van der Waals surface area contributed by atoms with Crippen molar-refractivity contribution in [2.24, 2.45) is 17.3 Å². The Labute approximate surface area is 103 Å². The molecular formula is C15H22O2. The topological polar surface area (TPSA) is 37.3 Å². The largest absolute Gasteiger partial charge is 0.478 e. The third-order valence-electron chi connectivity index (χ3n) is 4.80. The molecule has 1 spiro atoms. The molecule has 2 rings (SSSR count). The highest BCUT2D eigenvalue weighted by molar-refractivity contribution is 5.86. The molecule has 2 aliphatic rings. The van der Waals surface area contributed by atoms with Crippen LogP contribution in [0.4, 0.5) is 0 Å². The summed E-state index contributed by atoms with van der Waals surface area (Å²) < 4.78 is 0. The van der Waals surface area contributed by atoms with Crippen LogP contribution in [0.5, 0.6) is 0 Å². The van der Waals surface area contributed by atoms with E-state index >= 15 is 0 Å². The van der Waals surface area contributed by atoms with Crippen LogP contribution in [0.1, 0.15) is 46.0 Å². The molecule has 2 heteroatoms. The summed E-state index contributed by atoms with van der Waals surface area (Å²) in [6.45, 7) is 8.82. The van der Waals surface area contributed by atoms with E-state index in [-0.39, 0.29) is 5.41 Å². The molecule has 17 heavy (non-hydrogen) atoms. The summed E-state index contributed by atoms with van der Waals surface area (Å²) in [5.74, 6) is 0.597. The standard InChI is InChI=1S/C15H22O2/c1-10(2)13-5-4-11(3)15(13)8-6-12(7-9-15)14(16)17/h6,10,13H,3-5,7-9H2,1-2H3,(H,16,17)/t13-,15+/m0/s1. The van der Waals surface area contributed by atoms with Gasteiger partial charge in [-0.05, 0) is 49.4 Å². The average molecular weight is 234 g/mol. The highest BCUT2D eigenvalue weighted by atomic mass is 16.4. The van der Waals surface area contributed by atoms with Crippen molar-refractivity contribution in [3.05, 3.63) is 23.8 Å². The first-order valence-electron chi connectivity index (χ1n) is 6.58. The molecule has 2 atom stereocenters. The van der Waals surface area contributed by atoms with Crippen molar-refractivity contribution in [1.29, 1.82) is 0 Å². The van der Waals surface area contributed by atoms with Crippen molar-refractivity contribution in [1.82, 2.24) is 0 Å². The van der Waals surface area contributed by atoms with Crippen LogP contribution in [-0.4, -0.2) is 11.1 Å². The predicted molar refractivity (Wildman–Crippen MR) is 68.7 cm³/mol. The van der Waals surface area contributed by atoms with E-state index in [9.17, 15) is 4.79 Å². The predicted octanol–water partition coefficient (Wildman–Crippen LogP) is 3.79. The van der Waals surface area contributed by atoms with E-state index in [4.69, 9.17) is 5.11 Å². The van der Waals surface area contributed by atoms with E-state index in [1.165, 1.54) is 12.0 Å². The van der Waals surface area contributed by atoms with Crippen molar-refractivity contribution in [2.45, 2.75) is 46.0 Å². The van der Waals surface area contributed by atoms with E-state index in [0.29, 0.717) is 23.8 Å². The number of carbonyl (C=O) groups is 1. The zero-order chi connectivity index (χ0) is 12.6. The SMILES string of the molecule is C=C1CC[C@@H](C(C)C)[C@@]12CC=C(C(=O)O)CC2. The first-order chi connectivity index (χ1) is 7.97. The second-order valence-corrected chi connectivity index (χ2v) is 5.89. The van der Waals surface area contributed by atoms with Crippen LogP contribution in [0.25, 0.3) is 0 Å². The molecular weight excluding hydrogens is 212 g/mol. The van der Waals surface area contributed by atoms with E-state index in [1.807, 2.05) is 6.08 Å². The van der Waals surface area contributed by atoms with Crippen molar-refractivity contribution >= 4 is 5.97 Å². The molecule has 2 nitrogen and oxygen atoms in total. The summed E-state index contributed by atoms with van der Waals surface area (Å²) in [5, 5.41) is 9.02. The monoisotopic (exact) mass is 234 g/mol. The van der Waals surface area contributed by atoms with Gasteiger partial charge in [-0.15, -0.1) is 0 Å². The zero-order valence-corrected chi connectivity index (χ0v) is 10.8. The van der Waals surface area contributed by atoms with Gasteiger partial charge in [0.15, 0.2) is 0 Å². The highest BCUT2D eigenvalue weighted by Gasteiger charge is 2.47. The number of carboxylic acids is 1. The fraction of sp³-hybridized carbons (Fsp3) is 0.667. The van der Waals surface area contributed by atoms with Gasteiger partial charge in [0.1, 0.15) is 0 Å². The minimum absolute atomic E-state index is 0.202. The van der Waals surface area contributed by atoms with Crippen molar-refractivity contribution in [3.63, 3.8) is 0 Å². The van der Waals surface area contributed by atoms with Crippen molar-refractivity contribution in [2.75, 3.05) is 0 Å². The summed E-state index contributed by atoms with van der Waals surface area (Å²) in [7, 11) is 0. The lowest BCUT2D eigenvalue weighted by Crippen LogP contribution is -2.32. The zero-order valence-electron chi connectivity index (χ0n) is 10.8. The maximum Gasteiger partial charge on any atom is 0.331 e. The lowest BCUT2D eigenvalue weighted by Gasteiger charge is -2.41. The van der Waals surface area contributed by atoms with Gasteiger partial charge < -0.3 is 5.11 Å². The van der Waals surface area contributed by atoms with Crippen molar-refractivity contribution < 1.29 is 9.90 Å². The summed E-state index contributed by atoms with van der Waals surface area (Å²) in [4.78, 5) is 11.0. The van der Waals surface area contributed by atoms with Crippen LogP contribution in [-0.2, 0) is 4.79 Å². The summed E-state index contributed by atoms with van der Waals surface area (Å²) in [6.07, 6.45) is 6.87. The number of hydrogen-bond donors (Lipinski definition) is 1. The smallest absolute Gasteiger partial charge is 0.331 e. The van der Waals surface area contributed by atoms with Gasteiger partial charge >= 0.3 is 5.97 Å². The van der Waals surface area contributed by atoms with Crippen LogP contribution in [0.15, 0.2) is 23.8 Å². The molecule has 0 aromatic heterocycles. The molecule has 0 unspecified atom stereocenters. The normalized spacial score (nSPS) is 33.2.